The van der Waals surface area contributed by atoms with Gasteiger partial charge in [0.1, 0.15) is 22.8 Å². The molecule has 1 aromatic heterocycles. The molecule has 4 aromatic carbocycles. The van der Waals surface area contributed by atoms with E-state index in [1.165, 1.54) is 0 Å². The average Bonchev–Trinajstić information content (AvgIpc) is 3.27. The summed E-state index contributed by atoms with van der Waals surface area (Å²) in [6, 6.07) is 27.1. The second kappa shape index (κ2) is 8.92. The number of rotatable bonds is 6. The van der Waals surface area contributed by atoms with Gasteiger partial charge in [0.2, 0.25) is 0 Å². The van der Waals surface area contributed by atoms with E-state index in [-0.39, 0.29) is 6.08 Å². The van der Waals surface area contributed by atoms with E-state index in [4.69, 9.17) is 31.3 Å². The van der Waals surface area contributed by atoms with E-state index in [1.54, 1.807) is 14.2 Å². The van der Waals surface area contributed by atoms with Crippen molar-refractivity contribution < 1.29 is 18.6 Å². The molecule has 1 heterocycles. The molecule has 0 aliphatic carbocycles. The zero-order chi connectivity index (χ0) is 22.8. The van der Waals surface area contributed by atoms with Crippen molar-refractivity contribution in [2.75, 3.05) is 14.2 Å². The van der Waals surface area contributed by atoms with Gasteiger partial charge >= 0.3 is 6.08 Å². The number of para-hydroxylation sites is 2. The highest BCUT2D eigenvalue weighted by Gasteiger charge is 2.18. The second-order valence-corrected chi connectivity index (χ2v) is 7.79. The Labute approximate surface area is 197 Å². The fourth-order valence-corrected chi connectivity index (χ4v) is 4.13. The van der Waals surface area contributed by atoms with Crippen molar-refractivity contribution >= 4 is 23.7 Å². The molecule has 0 fully saturated rings. The molecule has 0 bridgehead atoms. The molecule has 0 saturated carbocycles. The number of methoxy groups -OCH3 is 2. The molecule has 6 heteroatoms. The Morgan fingerprint density at radius 1 is 0.727 bits per heavy atom. The third-order valence-electron chi connectivity index (χ3n) is 5.39. The molecule has 0 saturated heterocycles. The first-order valence-corrected chi connectivity index (χ1v) is 10.8. The summed E-state index contributed by atoms with van der Waals surface area (Å²) in [5.41, 5.74) is 5.15. The maximum absolute atomic E-state index is 6.14. The highest BCUT2D eigenvalue weighted by molar-refractivity contribution is 7.80. The number of fused-ring (bicyclic) bond motifs is 1. The smallest absolute Gasteiger partial charge is 0.400 e. The molecule has 0 aliphatic rings. The highest BCUT2D eigenvalue weighted by atomic mass is 32.1. The van der Waals surface area contributed by atoms with Crippen LogP contribution in [0.15, 0.2) is 94.2 Å². The van der Waals surface area contributed by atoms with Crippen molar-refractivity contribution in [3.8, 4) is 45.6 Å². The Balaban J connectivity index is 1.62. The number of oxazole rings is 1. The van der Waals surface area contributed by atoms with Crippen molar-refractivity contribution in [2.45, 2.75) is 4.90 Å². The SMILES string of the molecule is COc1ccc(-c2ccc(Oc3nc4ccccc4o3)c(-c3ccc(OC)cc3)c2S)cc1. The standard InChI is InChI=1S/C27H21NO4S/c1-29-19-11-7-17(8-12-19)21-15-16-24(32-27-28-22-5-3-4-6-23(22)31-27)25(26(21)33)18-9-13-20(30-2)14-10-18/h3-16,33H,1-2H3. The minimum absolute atomic E-state index is 0.177. The third kappa shape index (κ3) is 4.13. The molecule has 33 heavy (non-hydrogen) atoms. The Hall–Kier alpha value is -3.90. The zero-order valence-corrected chi connectivity index (χ0v) is 19.0. The van der Waals surface area contributed by atoms with Crippen LogP contribution in [0.3, 0.4) is 0 Å². The van der Waals surface area contributed by atoms with Gasteiger partial charge in [-0.2, -0.15) is 4.98 Å². The van der Waals surface area contributed by atoms with Crippen molar-refractivity contribution in [3.05, 3.63) is 84.9 Å². The molecule has 0 spiro atoms. The summed E-state index contributed by atoms with van der Waals surface area (Å²) >= 11 is 4.92. The lowest BCUT2D eigenvalue weighted by molar-refractivity contribution is 0.343. The lowest BCUT2D eigenvalue weighted by Gasteiger charge is -2.16. The molecule has 5 aromatic rings. The van der Waals surface area contributed by atoms with Gasteiger partial charge in [-0.1, -0.05) is 36.4 Å². The Kier molecular flexibility index (Phi) is 5.67. The molecule has 164 valence electrons. The lowest BCUT2D eigenvalue weighted by atomic mass is 9.97. The summed E-state index contributed by atoms with van der Waals surface area (Å²) in [6.45, 7) is 0. The van der Waals surface area contributed by atoms with Gasteiger partial charge in [-0.05, 0) is 65.2 Å². The van der Waals surface area contributed by atoms with Gasteiger partial charge < -0.3 is 18.6 Å². The minimum Gasteiger partial charge on any atom is -0.497 e. The van der Waals surface area contributed by atoms with Gasteiger partial charge in [-0.3, -0.25) is 0 Å². The van der Waals surface area contributed by atoms with Gasteiger partial charge in [0, 0.05) is 10.5 Å². The van der Waals surface area contributed by atoms with Gasteiger partial charge in [0.15, 0.2) is 5.58 Å². The van der Waals surface area contributed by atoms with Crippen LogP contribution in [0.5, 0.6) is 23.3 Å². The maximum Gasteiger partial charge on any atom is 0.400 e. The quantitative estimate of drug-likeness (QED) is 0.273. The summed E-state index contributed by atoms with van der Waals surface area (Å²) in [4.78, 5) is 5.23. The van der Waals surface area contributed by atoms with Crippen molar-refractivity contribution in [2.24, 2.45) is 0 Å². The molecule has 0 radical (unpaired) electrons. The maximum atomic E-state index is 6.14. The van der Waals surface area contributed by atoms with E-state index in [0.29, 0.717) is 11.3 Å². The van der Waals surface area contributed by atoms with Crippen molar-refractivity contribution in [3.63, 3.8) is 0 Å². The van der Waals surface area contributed by atoms with Gasteiger partial charge in [-0.15, -0.1) is 12.6 Å². The van der Waals surface area contributed by atoms with Crippen LogP contribution in [0.25, 0.3) is 33.4 Å². The first-order chi connectivity index (χ1) is 16.2. The topological polar surface area (TPSA) is 53.7 Å². The summed E-state index contributed by atoms with van der Waals surface area (Å²) in [5, 5.41) is 0. The van der Waals surface area contributed by atoms with Gasteiger partial charge in [-0.25, -0.2) is 0 Å². The average molecular weight is 456 g/mol. The predicted octanol–water partition coefficient (Wildman–Crippen LogP) is 7.26. The molecule has 0 N–H and O–H groups in total. The molecule has 0 atom stereocenters. The Morgan fingerprint density at radius 3 is 2.00 bits per heavy atom. The van der Waals surface area contributed by atoms with Gasteiger partial charge in [0.05, 0.1) is 14.2 Å². The van der Waals surface area contributed by atoms with Crippen molar-refractivity contribution in [1.82, 2.24) is 4.98 Å². The molecular formula is C27H21NO4S. The number of aromatic nitrogens is 1. The molecular weight excluding hydrogens is 434 g/mol. The number of hydrogen-bond acceptors (Lipinski definition) is 6. The lowest BCUT2D eigenvalue weighted by Crippen LogP contribution is -1.93. The van der Waals surface area contributed by atoms with Crippen LogP contribution in [0.1, 0.15) is 0 Å². The molecule has 0 amide bonds. The Bertz CT molecular complexity index is 1380. The van der Waals surface area contributed by atoms with E-state index in [0.717, 1.165) is 44.2 Å². The number of nitrogens with zero attached hydrogens (tertiary/aromatic N) is 1. The van der Waals surface area contributed by atoms with E-state index < -0.39 is 0 Å². The Morgan fingerprint density at radius 2 is 1.36 bits per heavy atom. The fourth-order valence-electron chi connectivity index (χ4n) is 3.69. The van der Waals surface area contributed by atoms with E-state index in [2.05, 4.69) is 4.98 Å². The van der Waals surface area contributed by atoms with Crippen LogP contribution in [-0.4, -0.2) is 19.2 Å². The molecule has 5 nitrogen and oxygen atoms in total. The second-order valence-electron chi connectivity index (χ2n) is 7.34. The molecule has 0 aliphatic heterocycles. The van der Waals surface area contributed by atoms with E-state index >= 15 is 0 Å². The number of hydrogen-bond donors (Lipinski definition) is 1. The summed E-state index contributed by atoms with van der Waals surface area (Å²) in [7, 11) is 3.30. The van der Waals surface area contributed by atoms with Crippen LogP contribution in [0.4, 0.5) is 0 Å². The first-order valence-electron chi connectivity index (χ1n) is 10.3. The minimum atomic E-state index is 0.177. The van der Waals surface area contributed by atoms with Gasteiger partial charge in [0.25, 0.3) is 0 Å². The van der Waals surface area contributed by atoms with E-state index in [1.807, 2.05) is 84.9 Å². The summed E-state index contributed by atoms with van der Waals surface area (Å²) in [5.74, 6) is 2.16. The van der Waals surface area contributed by atoms with Crippen LogP contribution in [0, 0.1) is 0 Å². The number of thiol groups is 1. The predicted molar refractivity (Wildman–Crippen MR) is 132 cm³/mol. The van der Waals surface area contributed by atoms with Crippen LogP contribution < -0.4 is 14.2 Å². The highest BCUT2D eigenvalue weighted by Crippen LogP contribution is 2.43. The monoisotopic (exact) mass is 455 g/mol. The largest absolute Gasteiger partial charge is 0.497 e. The van der Waals surface area contributed by atoms with Crippen LogP contribution in [-0.2, 0) is 0 Å². The number of ether oxygens (including phenoxy) is 3. The zero-order valence-electron chi connectivity index (χ0n) is 18.1. The number of benzene rings is 4. The fraction of sp³-hybridized carbons (Fsp3) is 0.0741. The summed E-state index contributed by atoms with van der Waals surface area (Å²) < 4.78 is 22.5. The van der Waals surface area contributed by atoms with Crippen LogP contribution in [0.2, 0.25) is 0 Å². The summed E-state index contributed by atoms with van der Waals surface area (Å²) in [6.07, 6.45) is 0.177. The van der Waals surface area contributed by atoms with E-state index in [9.17, 15) is 0 Å². The molecule has 5 rings (SSSR count). The molecule has 0 unspecified atom stereocenters. The third-order valence-corrected chi connectivity index (χ3v) is 5.86. The van der Waals surface area contributed by atoms with Crippen LogP contribution >= 0.6 is 12.6 Å². The normalized spacial score (nSPS) is 10.9. The van der Waals surface area contributed by atoms with Crippen molar-refractivity contribution in [1.29, 1.82) is 0 Å². The first kappa shape index (κ1) is 21.0.